The molecular formula is C16H29N3O2. The number of rotatable bonds is 10. The molecule has 0 atom stereocenters. The number of hydrogen-bond donors (Lipinski definition) is 1. The zero-order valence-corrected chi connectivity index (χ0v) is 14.0. The molecule has 0 saturated heterocycles. The number of ether oxygens (including phenoxy) is 2. The van der Waals surface area contributed by atoms with Gasteiger partial charge in [-0.25, -0.2) is 4.98 Å². The molecule has 0 spiro atoms. The van der Waals surface area contributed by atoms with Crippen molar-refractivity contribution in [3.63, 3.8) is 0 Å². The molecule has 0 aliphatic heterocycles. The molecule has 0 aliphatic carbocycles. The second-order valence-electron chi connectivity index (χ2n) is 5.42. The molecule has 5 heteroatoms. The third-order valence-corrected chi connectivity index (χ3v) is 3.34. The second kappa shape index (κ2) is 9.71. The molecule has 1 N–H and O–H groups in total. The van der Waals surface area contributed by atoms with Crippen molar-refractivity contribution in [2.24, 2.45) is 0 Å². The van der Waals surface area contributed by atoms with E-state index >= 15 is 0 Å². The Balaban J connectivity index is 2.76. The Hall–Kier alpha value is -1.17. The maximum absolute atomic E-state index is 5.17. The van der Waals surface area contributed by atoms with Crippen LogP contribution in [0.2, 0.25) is 0 Å². The minimum atomic E-state index is 0.476. The van der Waals surface area contributed by atoms with Crippen LogP contribution in [-0.4, -0.2) is 51.5 Å². The van der Waals surface area contributed by atoms with Crippen molar-refractivity contribution in [3.05, 3.63) is 23.4 Å². The molecule has 1 aromatic rings. The lowest BCUT2D eigenvalue weighted by Gasteiger charge is -2.24. The van der Waals surface area contributed by atoms with E-state index in [0.29, 0.717) is 19.3 Å². The normalized spacial score (nSPS) is 11.1. The van der Waals surface area contributed by atoms with Crippen molar-refractivity contribution in [2.45, 2.75) is 33.4 Å². The van der Waals surface area contributed by atoms with Gasteiger partial charge in [-0.2, -0.15) is 0 Å². The molecular weight excluding hydrogens is 266 g/mol. The quantitative estimate of drug-likeness (QED) is 0.715. The fraction of sp³-hybridized carbons (Fsp3) is 0.688. The van der Waals surface area contributed by atoms with E-state index in [1.165, 1.54) is 5.56 Å². The predicted octanol–water partition coefficient (Wildman–Crippen LogP) is 1.99. The van der Waals surface area contributed by atoms with Crippen LogP contribution in [0.4, 0.5) is 5.82 Å². The third kappa shape index (κ3) is 6.42. The average molecular weight is 295 g/mol. The van der Waals surface area contributed by atoms with Gasteiger partial charge >= 0.3 is 0 Å². The highest BCUT2D eigenvalue weighted by molar-refractivity contribution is 5.41. The molecule has 0 radical (unpaired) electrons. The number of nitrogens with zero attached hydrogens (tertiary/aromatic N) is 2. The Morgan fingerprint density at radius 1 is 1.14 bits per heavy atom. The summed E-state index contributed by atoms with van der Waals surface area (Å²) in [6.45, 7) is 10.2. The maximum atomic E-state index is 5.17. The molecule has 120 valence electrons. The van der Waals surface area contributed by atoms with E-state index in [-0.39, 0.29) is 0 Å². The lowest BCUT2D eigenvalue weighted by molar-refractivity contribution is 0.190. The number of methoxy groups -OCH3 is 2. The molecule has 21 heavy (non-hydrogen) atoms. The highest BCUT2D eigenvalue weighted by atomic mass is 16.5. The summed E-state index contributed by atoms with van der Waals surface area (Å²) in [4.78, 5) is 6.93. The average Bonchev–Trinajstić information content (AvgIpc) is 2.46. The van der Waals surface area contributed by atoms with Crippen LogP contribution in [0.25, 0.3) is 0 Å². The van der Waals surface area contributed by atoms with Gasteiger partial charge in [0.05, 0.1) is 13.2 Å². The Morgan fingerprint density at radius 2 is 1.76 bits per heavy atom. The number of hydrogen-bond acceptors (Lipinski definition) is 5. The van der Waals surface area contributed by atoms with Crippen molar-refractivity contribution in [1.82, 2.24) is 10.3 Å². The first kappa shape index (κ1) is 17.9. The van der Waals surface area contributed by atoms with E-state index < -0.39 is 0 Å². The van der Waals surface area contributed by atoms with Crippen molar-refractivity contribution < 1.29 is 9.47 Å². The Labute approximate surface area is 128 Å². The van der Waals surface area contributed by atoms with Crippen molar-refractivity contribution in [1.29, 1.82) is 0 Å². The lowest BCUT2D eigenvalue weighted by atomic mass is 10.2. The summed E-state index contributed by atoms with van der Waals surface area (Å²) < 4.78 is 10.3. The summed E-state index contributed by atoms with van der Waals surface area (Å²) in [6, 6.07) is 4.71. The molecule has 0 aliphatic rings. The molecule has 1 aromatic heterocycles. The molecule has 0 aromatic carbocycles. The molecule has 0 amide bonds. The van der Waals surface area contributed by atoms with E-state index in [9.17, 15) is 0 Å². The molecule has 0 bridgehead atoms. The molecule has 0 fully saturated rings. The van der Waals surface area contributed by atoms with Crippen LogP contribution in [0, 0.1) is 6.92 Å². The SMILES string of the molecule is COCCN(CCOC)c1ccc(CNC(C)C)c(C)n1. The maximum Gasteiger partial charge on any atom is 0.128 e. The second-order valence-corrected chi connectivity index (χ2v) is 5.42. The highest BCUT2D eigenvalue weighted by Gasteiger charge is 2.10. The van der Waals surface area contributed by atoms with Gasteiger partial charge < -0.3 is 19.7 Å². The molecule has 1 heterocycles. The van der Waals surface area contributed by atoms with E-state index in [1.807, 2.05) is 0 Å². The summed E-state index contributed by atoms with van der Waals surface area (Å²) >= 11 is 0. The van der Waals surface area contributed by atoms with Crippen LogP contribution < -0.4 is 10.2 Å². The standard InChI is InChI=1S/C16H29N3O2/c1-13(2)17-12-15-6-7-16(18-14(15)3)19(8-10-20-4)9-11-21-5/h6-7,13,17H,8-12H2,1-5H3. The fourth-order valence-corrected chi connectivity index (χ4v) is 2.00. The van der Waals surface area contributed by atoms with Crippen LogP contribution in [0.1, 0.15) is 25.1 Å². The van der Waals surface area contributed by atoms with Gasteiger partial charge in [-0.1, -0.05) is 19.9 Å². The number of aryl methyl sites for hydroxylation is 1. The van der Waals surface area contributed by atoms with Crippen molar-refractivity contribution in [2.75, 3.05) is 45.4 Å². The van der Waals surface area contributed by atoms with Gasteiger partial charge in [0, 0.05) is 45.6 Å². The first-order valence-electron chi connectivity index (χ1n) is 7.51. The minimum absolute atomic E-state index is 0.476. The van der Waals surface area contributed by atoms with Crippen molar-refractivity contribution in [3.8, 4) is 0 Å². The summed E-state index contributed by atoms with van der Waals surface area (Å²) in [5, 5.41) is 3.43. The van der Waals surface area contributed by atoms with Crippen LogP contribution in [-0.2, 0) is 16.0 Å². The summed E-state index contributed by atoms with van der Waals surface area (Å²) in [6.07, 6.45) is 0. The van der Waals surface area contributed by atoms with Gasteiger partial charge in [0.25, 0.3) is 0 Å². The fourth-order valence-electron chi connectivity index (χ4n) is 2.00. The van der Waals surface area contributed by atoms with Crippen LogP contribution in [0.5, 0.6) is 0 Å². The van der Waals surface area contributed by atoms with Gasteiger partial charge in [-0.05, 0) is 18.6 Å². The van der Waals surface area contributed by atoms with Crippen molar-refractivity contribution >= 4 is 5.82 Å². The lowest BCUT2D eigenvalue weighted by Crippen LogP contribution is -2.31. The summed E-state index contributed by atoms with van der Waals surface area (Å²) in [5.41, 5.74) is 2.31. The first-order chi connectivity index (χ1) is 10.1. The number of nitrogens with one attached hydrogen (secondary N) is 1. The number of aromatic nitrogens is 1. The Kier molecular flexibility index (Phi) is 8.27. The smallest absolute Gasteiger partial charge is 0.128 e. The molecule has 5 nitrogen and oxygen atoms in total. The van der Waals surface area contributed by atoms with Crippen LogP contribution >= 0.6 is 0 Å². The van der Waals surface area contributed by atoms with Gasteiger partial charge in [0.2, 0.25) is 0 Å². The van der Waals surface area contributed by atoms with Gasteiger partial charge in [0.1, 0.15) is 5.82 Å². The van der Waals surface area contributed by atoms with E-state index in [1.54, 1.807) is 14.2 Å². The molecule has 0 unspecified atom stereocenters. The topological polar surface area (TPSA) is 46.6 Å². The highest BCUT2D eigenvalue weighted by Crippen LogP contribution is 2.15. The van der Waals surface area contributed by atoms with Gasteiger partial charge in [-0.3, -0.25) is 0 Å². The zero-order chi connectivity index (χ0) is 15.7. The first-order valence-corrected chi connectivity index (χ1v) is 7.51. The van der Waals surface area contributed by atoms with Gasteiger partial charge in [0.15, 0.2) is 0 Å². The largest absolute Gasteiger partial charge is 0.383 e. The zero-order valence-electron chi connectivity index (χ0n) is 14.0. The monoisotopic (exact) mass is 295 g/mol. The summed E-state index contributed by atoms with van der Waals surface area (Å²) in [7, 11) is 3.43. The minimum Gasteiger partial charge on any atom is -0.383 e. The number of pyridine rings is 1. The van der Waals surface area contributed by atoms with Crippen LogP contribution in [0.15, 0.2) is 12.1 Å². The van der Waals surface area contributed by atoms with E-state index in [0.717, 1.165) is 31.1 Å². The van der Waals surface area contributed by atoms with E-state index in [2.05, 4.69) is 43.1 Å². The molecule has 0 saturated carbocycles. The number of anilines is 1. The van der Waals surface area contributed by atoms with Crippen LogP contribution in [0.3, 0.4) is 0 Å². The Morgan fingerprint density at radius 3 is 2.24 bits per heavy atom. The third-order valence-electron chi connectivity index (χ3n) is 3.34. The summed E-state index contributed by atoms with van der Waals surface area (Å²) in [5.74, 6) is 0.981. The van der Waals surface area contributed by atoms with Gasteiger partial charge in [-0.15, -0.1) is 0 Å². The molecule has 1 rings (SSSR count). The predicted molar refractivity (Wildman–Crippen MR) is 86.9 cm³/mol. The Bertz CT molecular complexity index is 403. The van der Waals surface area contributed by atoms with E-state index in [4.69, 9.17) is 14.5 Å².